The van der Waals surface area contributed by atoms with E-state index in [0.29, 0.717) is 0 Å². The first-order chi connectivity index (χ1) is 8.52. The van der Waals surface area contributed by atoms with Crippen LogP contribution in [0.3, 0.4) is 0 Å². The molecule has 0 heteroatoms. The van der Waals surface area contributed by atoms with Crippen molar-refractivity contribution >= 4 is 0 Å². The van der Waals surface area contributed by atoms with Crippen LogP contribution in [0, 0.1) is 0 Å². The molecule has 0 fully saturated rings. The maximum absolute atomic E-state index is 2.33. The van der Waals surface area contributed by atoms with Crippen LogP contribution in [-0.2, 0) is 11.8 Å². The van der Waals surface area contributed by atoms with Gasteiger partial charge in [0.15, 0.2) is 0 Å². The summed E-state index contributed by atoms with van der Waals surface area (Å²) < 4.78 is 0. The van der Waals surface area contributed by atoms with E-state index in [0.717, 1.165) is 6.42 Å². The number of hydrogen-bond donors (Lipinski definition) is 0. The Morgan fingerprint density at radius 2 is 1.61 bits per heavy atom. The van der Waals surface area contributed by atoms with Crippen molar-refractivity contribution in [2.75, 3.05) is 0 Å². The van der Waals surface area contributed by atoms with Crippen molar-refractivity contribution in [2.45, 2.75) is 39.5 Å². The monoisotopic (exact) mass is 238 g/mol. The molecule has 0 nitrogen and oxygen atoms in total. The first-order valence-electron chi connectivity index (χ1n) is 6.71. The quantitative estimate of drug-likeness (QED) is 0.673. The van der Waals surface area contributed by atoms with Gasteiger partial charge in [0, 0.05) is 0 Å². The van der Waals surface area contributed by atoms with Crippen LogP contribution in [0.1, 0.15) is 38.8 Å². The van der Waals surface area contributed by atoms with Gasteiger partial charge in [-0.1, -0.05) is 76.2 Å². The molecule has 0 radical (unpaired) electrons. The highest BCUT2D eigenvalue weighted by atomic mass is 14.2. The highest BCUT2D eigenvalue weighted by Crippen LogP contribution is 2.29. The Kier molecular flexibility index (Phi) is 3.56. The number of rotatable bonds is 2. The van der Waals surface area contributed by atoms with E-state index < -0.39 is 0 Å². The zero-order valence-corrected chi connectivity index (χ0v) is 11.8. The smallest absolute Gasteiger partial charge is 0.0132 e. The number of benzene rings is 2. The first-order valence-corrected chi connectivity index (χ1v) is 6.71. The van der Waals surface area contributed by atoms with Gasteiger partial charge in [-0.05, 0) is 34.1 Å². The summed E-state index contributed by atoms with van der Waals surface area (Å²) in [6.07, 6.45) is 1.08. The maximum Gasteiger partial charge on any atom is -0.0132 e. The minimum atomic E-state index is 0.206. The summed E-state index contributed by atoms with van der Waals surface area (Å²) in [5.41, 5.74) is 5.72. The lowest BCUT2D eigenvalue weighted by molar-refractivity contribution is 0.590. The standard InChI is InChI=1S/C18H22/c1-5-14-9-6-7-12-17(14)15-10-8-11-16(13-15)18(2,3)4/h6-13H,5H2,1-4H3. The number of hydrogen-bond acceptors (Lipinski definition) is 0. The molecule has 0 saturated heterocycles. The fraction of sp³-hybridized carbons (Fsp3) is 0.333. The molecule has 0 atom stereocenters. The Balaban J connectivity index is 2.51. The van der Waals surface area contributed by atoms with Crippen molar-refractivity contribution in [3.8, 4) is 11.1 Å². The molecule has 18 heavy (non-hydrogen) atoms. The van der Waals surface area contributed by atoms with E-state index in [-0.39, 0.29) is 5.41 Å². The fourth-order valence-corrected chi connectivity index (χ4v) is 2.26. The highest BCUT2D eigenvalue weighted by molar-refractivity contribution is 5.68. The van der Waals surface area contributed by atoms with Crippen LogP contribution >= 0.6 is 0 Å². The van der Waals surface area contributed by atoms with Gasteiger partial charge in [-0.2, -0.15) is 0 Å². The second-order valence-corrected chi connectivity index (χ2v) is 5.84. The van der Waals surface area contributed by atoms with Crippen molar-refractivity contribution in [1.82, 2.24) is 0 Å². The van der Waals surface area contributed by atoms with Gasteiger partial charge in [0.2, 0.25) is 0 Å². The van der Waals surface area contributed by atoms with E-state index in [4.69, 9.17) is 0 Å². The van der Waals surface area contributed by atoms with Crippen LogP contribution in [-0.4, -0.2) is 0 Å². The molecule has 0 aliphatic carbocycles. The second-order valence-electron chi connectivity index (χ2n) is 5.84. The molecule has 2 rings (SSSR count). The third kappa shape index (κ3) is 2.64. The normalized spacial score (nSPS) is 11.6. The fourth-order valence-electron chi connectivity index (χ4n) is 2.26. The molecule has 0 heterocycles. The lowest BCUT2D eigenvalue weighted by Gasteiger charge is -2.20. The van der Waals surface area contributed by atoms with Gasteiger partial charge >= 0.3 is 0 Å². The molecular formula is C18H22. The van der Waals surface area contributed by atoms with E-state index in [1.807, 2.05) is 0 Å². The van der Waals surface area contributed by atoms with Crippen LogP contribution < -0.4 is 0 Å². The van der Waals surface area contributed by atoms with Gasteiger partial charge in [0.1, 0.15) is 0 Å². The van der Waals surface area contributed by atoms with Gasteiger partial charge in [0.25, 0.3) is 0 Å². The van der Waals surface area contributed by atoms with Crippen molar-refractivity contribution in [1.29, 1.82) is 0 Å². The van der Waals surface area contributed by atoms with E-state index in [2.05, 4.69) is 76.2 Å². The predicted molar refractivity (Wildman–Crippen MR) is 80.0 cm³/mol. The van der Waals surface area contributed by atoms with Crippen molar-refractivity contribution in [2.24, 2.45) is 0 Å². The third-order valence-electron chi connectivity index (χ3n) is 3.44. The molecule has 0 saturated carbocycles. The molecule has 0 spiro atoms. The van der Waals surface area contributed by atoms with Gasteiger partial charge in [-0.15, -0.1) is 0 Å². The first kappa shape index (κ1) is 12.9. The third-order valence-corrected chi connectivity index (χ3v) is 3.44. The van der Waals surface area contributed by atoms with Crippen molar-refractivity contribution in [3.63, 3.8) is 0 Å². The molecule has 0 aromatic heterocycles. The lowest BCUT2D eigenvalue weighted by atomic mass is 9.85. The second kappa shape index (κ2) is 4.97. The summed E-state index contributed by atoms with van der Waals surface area (Å²) >= 11 is 0. The summed E-state index contributed by atoms with van der Waals surface area (Å²) in [4.78, 5) is 0. The summed E-state index contributed by atoms with van der Waals surface area (Å²) in [5, 5.41) is 0. The molecular weight excluding hydrogens is 216 g/mol. The topological polar surface area (TPSA) is 0 Å². The molecule has 2 aromatic rings. The number of aryl methyl sites for hydroxylation is 1. The van der Waals surface area contributed by atoms with Crippen molar-refractivity contribution in [3.05, 3.63) is 59.7 Å². The minimum absolute atomic E-state index is 0.206. The summed E-state index contributed by atoms with van der Waals surface area (Å²) in [6, 6.07) is 17.6. The maximum atomic E-state index is 2.33. The molecule has 0 N–H and O–H groups in total. The Bertz CT molecular complexity index is 530. The van der Waals surface area contributed by atoms with Gasteiger partial charge < -0.3 is 0 Å². The van der Waals surface area contributed by atoms with Gasteiger partial charge in [0.05, 0.1) is 0 Å². The SMILES string of the molecule is CCc1ccccc1-c1cccc(C(C)(C)C)c1. The molecule has 0 bridgehead atoms. The van der Waals surface area contributed by atoms with Crippen LogP contribution in [0.2, 0.25) is 0 Å². The zero-order chi connectivity index (χ0) is 13.2. The summed E-state index contributed by atoms with van der Waals surface area (Å²) in [5.74, 6) is 0. The Hall–Kier alpha value is -1.56. The zero-order valence-electron chi connectivity index (χ0n) is 11.8. The van der Waals surface area contributed by atoms with Gasteiger partial charge in [-0.3, -0.25) is 0 Å². The van der Waals surface area contributed by atoms with Crippen molar-refractivity contribution < 1.29 is 0 Å². The average Bonchev–Trinajstić information content (AvgIpc) is 2.38. The minimum Gasteiger partial charge on any atom is -0.0620 e. The van der Waals surface area contributed by atoms with E-state index in [9.17, 15) is 0 Å². The largest absolute Gasteiger partial charge is 0.0620 e. The summed E-state index contributed by atoms with van der Waals surface area (Å²) in [6.45, 7) is 9.00. The van der Waals surface area contributed by atoms with Crippen LogP contribution in [0.15, 0.2) is 48.5 Å². The molecule has 0 aliphatic rings. The highest BCUT2D eigenvalue weighted by Gasteiger charge is 2.14. The van der Waals surface area contributed by atoms with E-state index >= 15 is 0 Å². The van der Waals surface area contributed by atoms with Crippen LogP contribution in [0.4, 0.5) is 0 Å². The summed E-state index contributed by atoms with van der Waals surface area (Å²) in [7, 11) is 0. The van der Waals surface area contributed by atoms with Crippen LogP contribution in [0.5, 0.6) is 0 Å². The molecule has 94 valence electrons. The van der Waals surface area contributed by atoms with Gasteiger partial charge in [-0.25, -0.2) is 0 Å². The molecule has 0 aliphatic heterocycles. The Morgan fingerprint density at radius 3 is 2.28 bits per heavy atom. The van der Waals surface area contributed by atoms with E-state index in [1.54, 1.807) is 0 Å². The predicted octanol–water partition coefficient (Wildman–Crippen LogP) is 5.21. The van der Waals surface area contributed by atoms with Crippen LogP contribution in [0.25, 0.3) is 11.1 Å². The van der Waals surface area contributed by atoms with E-state index in [1.165, 1.54) is 22.3 Å². The Labute approximate surface area is 111 Å². The molecule has 2 aromatic carbocycles. The molecule has 0 amide bonds. The Morgan fingerprint density at radius 1 is 0.889 bits per heavy atom. The molecule has 0 unspecified atom stereocenters. The average molecular weight is 238 g/mol. The lowest BCUT2D eigenvalue weighted by Crippen LogP contribution is -2.10.